The number of aromatic nitrogens is 3. The number of aromatic amines is 1. The number of nitrogens with one attached hydrogen (secondary N) is 3. The Morgan fingerprint density at radius 3 is 2.66 bits per heavy atom. The summed E-state index contributed by atoms with van der Waals surface area (Å²) in [5.74, 6) is 0.712. The third-order valence-electron chi connectivity index (χ3n) is 5.12. The standard InChI is InChI=1S/C21H25N5O3/c1-21(2,29)19(13-6-4-3-5-7-13)24-20(28)23-16-10-14-17(15(11-27)22-16)18(26-25-14)12-8-9-12/h3-7,10,12,19,27,29H,8-9,11H2,1-2H3,(H,25,26)(H2,22,23,24,28)/t19-/m0/s1. The van der Waals surface area contributed by atoms with Crippen molar-refractivity contribution in [1.82, 2.24) is 20.5 Å². The molecule has 0 aliphatic heterocycles. The minimum atomic E-state index is -1.17. The van der Waals surface area contributed by atoms with E-state index in [1.54, 1.807) is 19.9 Å². The van der Waals surface area contributed by atoms with E-state index < -0.39 is 17.7 Å². The molecule has 4 rings (SSSR count). The molecule has 1 aliphatic carbocycles. The first-order chi connectivity index (χ1) is 13.9. The monoisotopic (exact) mass is 395 g/mol. The minimum absolute atomic E-state index is 0.247. The van der Waals surface area contributed by atoms with Crippen LogP contribution in [0.2, 0.25) is 0 Å². The van der Waals surface area contributed by atoms with Gasteiger partial charge in [-0.1, -0.05) is 30.3 Å². The Bertz CT molecular complexity index is 1020. The summed E-state index contributed by atoms with van der Waals surface area (Å²) in [7, 11) is 0. The minimum Gasteiger partial charge on any atom is -0.390 e. The molecule has 1 fully saturated rings. The van der Waals surface area contributed by atoms with E-state index in [4.69, 9.17) is 0 Å². The fourth-order valence-corrected chi connectivity index (χ4v) is 3.58. The lowest BCUT2D eigenvalue weighted by Gasteiger charge is -2.30. The third kappa shape index (κ3) is 4.08. The second kappa shape index (κ2) is 7.46. The van der Waals surface area contributed by atoms with E-state index in [9.17, 15) is 15.0 Å². The quantitative estimate of drug-likeness (QED) is 0.439. The second-order valence-corrected chi connectivity index (χ2v) is 8.01. The van der Waals surface area contributed by atoms with E-state index in [0.717, 1.165) is 35.0 Å². The molecule has 8 nitrogen and oxygen atoms in total. The SMILES string of the molecule is CC(C)(O)[C@@H](NC(=O)Nc1cc2[nH]nc(C3CC3)c2c(CO)n1)c1ccccc1. The summed E-state index contributed by atoms with van der Waals surface area (Å²) in [6, 6.07) is 9.87. The van der Waals surface area contributed by atoms with Crippen molar-refractivity contribution in [3.8, 4) is 0 Å². The van der Waals surface area contributed by atoms with Gasteiger partial charge >= 0.3 is 6.03 Å². The van der Waals surface area contributed by atoms with Gasteiger partial charge in [0.25, 0.3) is 0 Å². The molecule has 1 saturated carbocycles. The van der Waals surface area contributed by atoms with Crippen molar-refractivity contribution in [3.63, 3.8) is 0 Å². The fraction of sp³-hybridized carbons (Fsp3) is 0.381. The van der Waals surface area contributed by atoms with Gasteiger partial charge in [-0.25, -0.2) is 9.78 Å². The summed E-state index contributed by atoms with van der Waals surface area (Å²) < 4.78 is 0. The van der Waals surface area contributed by atoms with Crippen molar-refractivity contribution in [2.75, 3.05) is 5.32 Å². The van der Waals surface area contributed by atoms with Gasteiger partial charge in [0, 0.05) is 17.4 Å². The van der Waals surface area contributed by atoms with Gasteiger partial charge in [-0.2, -0.15) is 5.10 Å². The molecule has 152 valence electrons. The van der Waals surface area contributed by atoms with E-state index in [2.05, 4.69) is 25.8 Å². The van der Waals surface area contributed by atoms with Crippen LogP contribution in [-0.2, 0) is 6.61 Å². The van der Waals surface area contributed by atoms with Gasteiger partial charge in [-0.05, 0) is 32.3 Å². The van der Waals surface area contributed by atoms with Crippen molar-refractivity contribution in [3.05, 3.63) is 53.3 Å². The molecule has 1 aliphatic rings. The van der Waals surface area contributed by atoms with Crippen LogP contribution in [0.15, 0.2) is 36.4 Å². The molecule has 1 aromatic carbocycles. The van der Waals surface area contributed by atoms with Crippen LogP contribution in [0.25, 0.3) is 10.9 Å². The van der Waals surface area contributed by atoms with Gasteiger partial charge < -0.3 is 15.5 Å². The van der Waals surface area contributed by atoms with Crippen molar-refractivity contribution in [1.29, 1.82) is 0 Å². The Labute approximate surface area is 168 Å². The van der Waals surface area contributed by atoms with Crippen LogP contribution in [0.5, 0.6) is 0 Å². The number of amides is 2. The Balaban J connectivity index is 1.56. The third-order valence-corrected chi connectivity index (χ3v) is 5.12. The van der Waals surface area contributed by atoms with Crippen molar-refractivity contribution >= 4 is 22.8 Å². The lowest BCUT2D eigenvalue weighted by molar-refractivity contribution is 0.0415. The number of urea groups is 1. The molecule has 0 saturated heterocycles. The van der Waals surface area contributed by atoms with Gasteiger partial charge in [0.1, 0.15) is 5.82 Å². The summed E-state index contributed by atoms with van der Waals surface area (Å²) in [6.45, 7) is 3.04. The van der Waals surface area contributed by atoms with Crippen LogP contribution in [-0.4, -0.2) is 37.0 Å². The number of benzene rings is 1. The Morgan fingerprint density at radius 1 is 1.31 bits per heavy atom. The van der Waals surface area contributed by atoms with E-state index >= 15 is 0 Å². The van der Waals surface area contributed by atoms with Gasteiger partial charge in [0.05, 0.1) is 35.2 Å². The van der Waals surface area contributed by atoms with E-state index in [1.807, 2.05) is 30.3 Å². The number of nitrogens with zero attached hydrogens (tertiary/aromatic N) is 2. The molecular weight excluding hydrogens is 370 g/mol. The molecule has 3 aromatic rings. The van der Waals surface area contributed by atoms with E-state index in [-0.39, 0.29) is 6.61 Å². The van der Waals surface area contributed by atoms with Crippen LogP contribution in [0.1, 0.15) is 55.6 Å². The van der Waals surface area contributed by atoms with Gasteiger partial charge in [-0.15, -0.1) is 0 Å². The van der Waals surface area contributed by atoms with Crippen molar-refractivity contribution in [2.45, 2.75) is 50.9 Å². The van der Waals surface area contributed by atoms with E-state index in [1.165, 1.54) is 0 Å². The summed E-state index contributed by atoms with van der Waals surface area (Å²) in [5.41, 5.74) is 1.75. The number of rotatable bonds is 6. The maximum absolute atomic E-state index is 12.6. The van der Waals surface area contributed by atoms with Crippen molar-refractivity contribution in [2.24, 2.45) is 0 Å². The van der Waals surface area contributed by atoms with Crippen molar-refractivity contribution < 1.29 is 15.0 Å². The average molecular weight is 395 g/mol. The number of carbonyl (C=O) groups excluding carboxylic acids is 1. The zero-order chi connectivity index (χ0) is 20.6. The first-order valence-electron chi connectivity index (χ1n) is 9.70. The van der Waals surface area contributed by atoms with Crippen LogP contribution < -0.4 is 10.6 Å². The number of carbonyl (C=O) groups is 1. The molecule has 0 bridgehead atoms. The first kappa shape index (κ1) is 19.4. The number of H-pyrrole nitrogens is 1. The highest BCUT2D eigenvalue weighted by Crippen LogP contribution is 2.42. The molecule has 0 unspecified atom stereocenters. The molecular formula is C21H25N5O3. The normalized spacial score (nSPS) is 15.3. The maximum Gasteiger partial charge on any atom is 0.320 e. The summed E-state index contributed by atoms with van der Waals surface area (Å²) in [6.07, 6.45) is 2.18. The largest absolute Gasteiger partial charge is 0.390 e. The highest BCUT2D eigenvalue weighted by Gasteiger charge is 2.31. The number of hydrogen-bond donors (Lipinski definition) is 5. The smallest absolute Gasteiger partial charge is 0.320 e. The molecule has 1 atom stereocenters. The highest BCUT2D eigenvalue weighted by molar-refractivity contribution is 5.92. The van der Waals surface area contributed by atoms with E-state index in [0.29, 0.717) is 17.4 Å². The number of aliphatic hydroxyl groups is 2. The summed E-state index contributed by atoms with van der Waals surface area (Å²) in [5, 5.41) is 34.0. The van der Waals surface area contributed by atoms with Crippen LogP contribution in [0.4, 0.5) is 10.6 Å². The molecule has 2 heterocycles. The predicted molar refractivity (Wildman–Crippen MR) is 109 cm³/mol. The second-order valence-electron chi connectivity index (χ2n) is 8.01. The molecule has 0 radical (unpaired) electrons. The summed E-state index contributed by atoms with van der Waals surface area (Å²) in [4.78, 5) is 17.0. The Morgan fingerprint density at radius 2 is 2.03 bits per heavy atom. The Kier molecular flexibility index (Phi) is 4.97. The Hall–Kier alpha value is -2.97. The topological polar surface area (TPSA) is 123 Å². The lowest BCUT2D eigenvalue weighted by atomic mass is 9.92. The molecule has 5 N–H and O–H groups in total. The van der Waals surface area contributed by atoms with Crippen LogP contribution in [0.3, 0.4) is 0 Å². The molecule has 8 heteroatoms. The molecule has 29 heavy (non-hydrogen) atoms. The van der Waals surface area contributed by atoms with Gasteiger partial charge in [0.2, 0.25) is 0 Å². The van der Waals surface area contributed by atoms with Crippen LogP contribution >= 0.6 is 0 Å². The first-order valence-corrected chi connectivity index (χ1v) is 9.70. The number of pyridine rings is 1. The predicted octanol–water partition coefficient (Wildman–Crippen LogP) is 2.96. The molecule has 2 amide bonds. The summed E-state index contributed by atoms with van der Waals surface area (Å²) >= 11 is 0. The molecule has 0 spiro atoms. The number of hydrogen-bond acceptors (Lipinski definition) is 5. The average Bonchev–Trinajstić information content (AvgIpc) is 3.44. The fourth-order valence-electron chi connectivity index (χ4n) is 3.58. The number of anilines is 1. The zero-order valence-corrected chi connectivity index (χ0v) is 16.4. The highest BCUT2D eigenvalue weighted by atomic mass is 16.3. The number of fused-ring (bicyclic) bond motifs is 1. The lowest BCUT2D eigenvalue weighted by Crippen LogP contribution is -2.44. The number of aliphatic hydroxyl groups excluding tert-OH is 1. The molecule has 2 aromatic heterocycles. The van der Waals surface area contributed by atoms with Crippen LogP contribution in [0, 0.1) is 0 Å². The van der Waals surface area contributed by atoms with Gasteiger partial charge in [0.15, 0.2) is 0 Å². The van der Waals surface area contributed by atoms with Gasteiger partial charge in [-0.3, -0.25) is 10.4 Å². The zero-order valence-electron chi connectivity index (χ0n) is 16.4. The maximum atomic E-state index is 12.6.